The molecule has 0 aliphatic rings. The predicted molar refractivity (Wildman–Crippen MR) is 73.7 cm³/mol. The fraction of sp³-hybridized carbons (Fsp3) is 0.455. The molecule has 1 nitrogen and oxygen atoms in total. The molecule has 1 rings (SSSR count). The number of halogens is 5. The maximum absolute atomic E-state index is 12.0. The molecule has 0 radical (unpaired) electrons. The summed E-state index contributed by atoms with van der Waals surface area (Å²) in [5.41, 5.74) is 6.75. The average molecular weight is 422 g/mol. The van der Waals surface area contributed by atoms with Crippen molar-refractivity contribution in [3.05, 3.63) is 31.8 Å². The minimum absolute atomic E-state index is 0.0581. The van der Waals surface area contributed by atoms with Crippen LogP contribution in [0.25, 0.3) is 0 Å². The van der Waals surface area contributed by atoms with Crippen LogP contribution >= 0.6 is 38.5 Å². The molecule has 1 aromatic rings. The third-order valence-corrected chi connectivity index (χ3v) is 3.73. The van der Waals surface area contributed by atoms with Crippen molar-refractivity contribution in [1.82, 2.24) is 0 Å². The zero-order chi connectivity index (χ0) is 13.1. The topological polar surface area (TPSA) is 26.0 Å². The molecule has 17 heavy (non-hydrogen) atoms. The minimum Gasteiger partial charge on any atom is -0.324 e. The van der Waals surface area contributed by atoms with Crippen LogP contribution < -0.4 is 5.73 Å². The van der Waals surface area contributed by atoms with Gasteiger partial charge in [0.25, 0.3) is 0 Å². The zero-order valence-electron chi connectivity index (χ0n) is 8.90. The van der Waals surface area contributed by atoms with Crippen LogP contribution in [0.5, 0.6) is 0 Å². The molecule has 1 atom stereocenters. The lowest BCUT2D eigenvalue weighted by molar-refractivity contribution is -0.135. The number of nitrogens with two attached hydrogens (primary N) is 1. The molecule has 0 saturated carbocycles. The van der Waals surface area contributed by atoms with Gasteiger partial charge in [-0.3, -0.25) is 0 Å². The van der Waals surface area contributed by atoms with Gasteiger partial charge in [0.05, 0.1) is 0 Å². The van der Waals surface area contributed by atoms with Gasteiger partial charge in [-0.05, 0) is 59.2 Å². The number of rotatable bonds is 4. The van der Waals surface area contributed by atoms with Gasteiger partial charge >= 0.3 is 6.18 Å². The van der Waals surface area contributed by atoms with Gasteiger partial charge < -0.3 is 5.73 Å². The summed E-state index contributed by atoms with van der Waals surface area (Å²) in [7, 11) is 0. The highest BCUT2D eigenvalue weighted by molar-refractivity contribution is 14.1. The van der Waals surface area contributed by atoms with Gasteiger partial charge in [-0.2, -0.15) is 13.2 Å². The Labute approximate surface area is 120 Å². The molecule has 0 bridgehead atoms. The van der Waals surface area contributed by atoms with E-state index in [1.165, 1.54) is 0 Å². The summed E-state index contributed by atoms with van der Waals surface area (Å²) in [6, 6.07) is 5.31. The lowest BCUT2D eigenvalue weighted by Gasteiger charge is -2.15. The summed E-state index contributed by atoms with van der Waals surface area (Å²) >= 11 is 5.51. The van der Waals surface area contributed by atoms with Crippen molar-refractivity contribution >= 4 is 38.5 Å². The normalized spacial score (nSPS) is 13.8. The summed E-state index contributed by atoms with van der Waals surface area (Å²) in [6.45, 7) is 0. The van der Waals surface area contributed by atoms with Crippen molar-refractivity contribution < 1.29 is 13.2 Å². The summed E-state index contributed by atoms with van der Waals surface area (Å²) in [5.74, 6) is 0. The van der Waals surface area contributed by atoms with Gasteiger partial charge in [-0.25, -0.2) is 0 Å². The zero-order valence-corrected chi connectivity index (χ0v) is 12.6. The Kier molecular flexibility index (Phi) is 5.72. The molecular weight excluding hydrogens is 410 g/mol. The van der Waals surface area contributed by atoms with Crippen LogP contribution in [0, 0.1) is 3.57 Å². The third-order valence-electron chi connectivity index (χ3n) is 2.33. The Bertz CT molecular complexity index is 381. The van der Waals surface area contributed by atoms with Gasteiger partial charge in [0, 0.05) is 20.5 Å². The Hall–Kier alpha value is 0.180. The van der Waals surface area contributed by atoms with Crippen molar-refractivity contribution in [2.75, 3.05) is 0 Å². The van der Waals surface area contributed by atoms with E-state index in [4.69, 9.17) is 5.73 Å². The summed E-state index contributed by atoms with van der Waals surface area (Å²) in [6.07, 6.45) is -4.48. The maximum Gasteiger partial charge on any atom is 0.389 e. The molecule has 0 aliphatic carbocycles. The first kappa shape index (κ1) is 15.2. The number of hydrogen-bond acceptors (Lipinski definition) is 1. The molecule has 0 aromatic heterocycles. The van der Waals surface area contributed by atoms with Crippen LogP contribution in [-0.4, -0.2) is 6.18 Å². The van der Waals surface area contributed by atoms with E-state index in [2.05, 4.69) is 38.5 Å². The first-order valence-electron chi connectivity index (χ1n) is 5.07. The SMILES string of the molecule is NC(CCCC(F)(F)F)c1cc(I)ccc1Br. The Morgan fingerprint density at radius 1 is 1.35 bits per heavy atom. The Balaban J connectivity index is 2.58. The van der Waals surface area contributed by atoms with E-state index in [9.17, 15) is 13.2 Å². The molecule has 0 aliphatic heterocycles. The number of benzene rings is 1. The highest BCUT2D eigenvalue weighted by Gasteiger charge is 2.26. The van der Waals surface area contributed by atoms with Gasteiger partial charge in [-0.1, -0.05) is 15.9 Å². The van der Waals surface area contributed by atoms with Crippen molar-refractivity contribution in [1.29, 1.82) is 0 Å². The Morgan fingerprint density at radius 3 is 2.59 bits per heavy atom. The molecule has 0 saturated heterocycles. The van der Waals surface area contributed by atoms with E-state index >= 15 is 0 Å². The van der Waals surface area contributed by atoms with Gasteiger partial charge in [-0.15, -0.1) is 0 Å². The van der Waals surface area contributed by atoms with E-state index in [-0.39, 0.29) is 12.5 Å². The molecular formula is C11H12BrF3IN. The quantitative estimate of drug-likeness (QED) is 0.695. The predicted octanol–water partition coefficient (Wildman–Crippen LogP) is 4.79. The summed E-state index contributed by atoms with van der Waals surface area (Å²) < 4.78 is 37.9. The first-order valence-corrected chi connectivity index (χ1v) is 6.94. The summed E-state index contributed by atoms with van der Waals surface area (Å²) in [4.78, 5) is 0. The van der Waals surface area contributed by atoms with Crippen LogP contribution in [0.4, 0.5) is 13.2 Å². The standard InChI is InChI=1S/C11H12BrF3IN/c12-9-4-3-7(16)6-8(9)10(17)2-1-5-11(13,14)15/h3-4,6,10H,1-2,5,17H2. The Morgan fingerprint density at radius 2 is 2.00 bits per heavy atom. The monoisotopic (exact) mass is 421 g/mol. The van der Waals surface area contributed by atoms with E-state index in [1.54, 1.807) is 0 Å². The third kappa shape index (κ3) is 5.56. The molecule has 0 fully saturated rings. The van der Waals surface area contributed by atoms with Crippen molar-refractivity contribution in [2.24, 2.45) is 5.73 Å². The molecule has 2 N–H and O–H groups in total. The molecule has 0 spiro atoms. The average Bonchev–Trinajstić information content (AvgIpc) is 2.19. The second-order valence-corrected chi connectivity index (χ2v) is 5.88. The van der Waals surface area contributed by atoms with Crippen LogP contribution in [-0.2, 0) is 0 Å². The first-order chi connectivity index (χ1) is 7.79. The summed E-state index contributed by atoms with van der Waals surface area (Å²) in [5, 5.41) is 0. The molecule has 1 aromatic carbocycles. The van der Waals surface area contributed by atoms with Crippen molar-refractivity contribution in [2.45, 2.75) is 31.5 Å². The van der Waals surface area contributed by atoms with E-state index in [0.717, 1.165) is 13.6 Å². The molecule has 0 amide bonds. The second kappa shape index (κ2) is 6.38. The molecule has 96 valence electrons. The second-order valence-electron chi connectivity index (χ2n) is 3.78. The van der Waals surface area contributed by atoms with E-state index < -0.39 is 12.6 Å². The maximum atomic E-state index is 12.0. The lowest BCUT2D eigenvalue weighted by Crippen LogP contribution is -2.13. The largest absolute Gasteiger partial charge is 0.389 e. The van der Waals surface area contributed by atoms with Crippen molar-refractivity contribution in [3.8, 4) is 0 Å². The highest BCUT2D eigenvalue weighted by Crippen LogP contribution is 2.29. The van der Waals surface area contributed by atoms with Crippen LogP contribution in [0.1, 0.15) is 30.9 Å². The van der Waals surface area contributed by atoms with Crippen molar-refractivity contribution in [3.63, 3.8) is 0 Å². The molecule has 6 heteroatoms. The highest BCUT2D eigenvalue weighted by atomic mass is 127. The lowest BCUT2D eigenvalue weighted by atomic mass is 10.0. The van der Waals surface area contributed by atoms with E-state index in [1.807, 2.05) is 18.2 Å². The van der Waals surface area contributed by atoms with Crippen LogP contribution in [0.2, 0.25) is 0 Å². The van der Waals surface area contributed by atoms with E-state index in [0.29, 0.717) is 6.42 Å². The van der Waals surface area contributed by atoms with Gasteiger partial charge in [0.2, 0.25) is 0 Å². The number of alkyl halides is 3. The fourth-order valence-corrected chi connectivity index (χ4v) is 2.53. The smallest absolute Gasteiger partial charge is 0.324 e. The minimum atomic E-state index is -4.10. The molecule has 0 heterocycles. The van der Waals surface area contributed by atoms with Crippen LogP contribution in [0.3, 0.4) is 0 Å². The number of hydrogen-bond donors (Lipinski definition) is 1. The molecule has 1 unspecified atom stereocenters. The van der Waals surface area contributed by atoms with Gasteiger partial charge in [0.15, 0.2) is 0 Å². The van der Waals surface area contributed by atoms with Crippen LogP contribution in [0.15, 0.2) is 22.7 Å². The fourth-order valence-electron chi connectivity index (χ4n) is 1.48. The van der Waals surface area contributed by atoms with Gasteiger partial charge in [0.1, 0.15) is 0 Å².